The van der Waals surface area contributed by atoms with E-state index < -0.39 is 11.5 Å². The summed E-state index contributed by atoms with van der Waals surface area (Å²) < 4.78 is 5.35. The molecular weight excluding hydrogens is 356 g/mol. The summed E-state index contributed by atoms with van der Waals surface area (Å²) in [5.41, 5.74) is 2.05. The lowest BCUT2D eigenvalue weighted by atomic mass is 9.91. The Balaban J connectivity index is 1.87. The topological polar surface area (TPSA) is 66.9 Å². The Bertz CT molecular complexity index is 770. The molecule has 2 heterocycles. The molecule has 28 heavy (non-hydrogen) atoms. The molecule has 152 valence electrons. The largest absolute Gasteiger partial charge is 0.463 e. The van der Waals surface area contributed by atoms with E-state index in [1.54, 1.807) is 4.90 Å². The highest BCUT2D eigenvalue weighted by atomic mass is 16.5. The van der Waals surface area contributed by atoms with Crippen LogP contribution in [-0.4, -0.2) is 59.4 Å². The third-order valence-electron chi connectivity index (χ3n) is 6.08. The van der Waals surface area contributed by atoms with Gasteiger partial charge in [-0.2, -0.15) is 0 Å². The van der Waals surface area contributed by atoms with Gasteiger partial charge in [0.25, 0.3) is 5.91 Å². The van der Waals surface area contributed by atoms with E-state index in [0.717, 1.165) is 43.5 Å². The minimum Gasteiger partial charge on any atom is -0.463 e. The molecule has 2 amide bonds. The van der Waals surface area contributed by atoms with Crippen LogP contribution in [-0.2, 0) is 14.3 Å². The van der Waals surface area contributed by atoms with E-state index in [1.807, 2.05) is 36.9 Å². The quantitative estimate of drug-likeness (QED) is 0.730. The molecule has 6 heteroatoms. The molecule has 1 aromatic rings. The van der Waals surface area contributed by atoms with Gasteiger partial charge in [-0.25, -0.2) is 0 Å². The highest BCUT2D eigenvalue weighted by molar-refractivity contribution is 5.95. The van der Waals surface area contributed by atoms with Crippen molar-refractivity contribution >= 4 is 17.8 Å². The number of amides is 2. The molecular formula is C22H30N2O4. The number of carbonyl (C=O) groups excluding carboxylic acids is 3. The number of benzene rings is 1. The number of rotatable bonds is 5. The molecule has 0 bridgehead atoms. The van der Waals surface area contributed by atoms with Gasteiger partial charge in [0.05, 0.1) is 12.0 Å². The van der Waals surface area contributed by atoms with E-state index in [4.69, 9.17) is 4.74 Å². The summed E-state index contributed by atoms with van der Waals surface area (Å²) in [4.78, 5) is 41.4. The summed E-state index contributed by atoms with van der Waals surface area (Å²) in [6.45, 7) is 7.54. The van der Waals surface area contributed by atoms with Gasteiger partial charge in [0.1, 0.15) is 6.61 Å². The van der Waals surface area contributed by atoms with E-state index in [0.29, 0.717) is 18.5 Å². The Kier molecular flexibility index (Phi) is 6.06. The van der Waals surface area contributed by atoms with Crippen LogP contribution in [0.15, 0.2) is 18.2 Å². The lowest BCUT2D eigenvalue weighted by molar-refractivity contribution is -0.147. The number of nitrogens with zero attached hydrogens (tertiary/aromatic N) is 2. The lowest BCUT2D eigenvalue weighted by Gasteiger charge is -2.38. The minimum atomic E-state index is -0.763. The zero-order chi connectivity index (χ0) is 20.3. The van der Waals surface area contributed by atoms with Crippen molar-refractivity contribution in [3.8, 4) is 0 Å². The molecule has 2 aliphatic heterocycles. The monoisotopic (exact) mass is 386 g/mol. The average molecular weight is 386 g/mol. The summed E-state index contributed by atoms with van der Waals surface area (Å²) in [5, 5.41) is 0. The summed E-state index contributed by atoms with van der Waals surface area (Å²) >= 11 is 0. The van der Waals surface area contributed by atoms with Crippen LogP contribution >= 0.6 is 0 Å². The number of ether oxygens (including phenoxy) is 1. The summed E-state index contributed by atoms with van der Waals surface area (Å²) in [6, 6.07) is 5.68. The Morgan fingerprint density at radius 1 is 1.04 bits per heavy atom. The van der Waals surface area contributed by atoms with Crippen molar-refractivity contribution in [3.05, 3.63) is 34.9 Å². The highest BCUT2D eigenvalue weighted by Crippen LogP contribution is 2.35. The van der Waals surface area contributed by atoms with Gasteiger partial charge in [0, 0.05) is 32.1 Å². The molecule has 2 fully saturated rings. The fourth-order valence-electron chi connectivity index (χ4n) is 4.27. The van der Waals surface area contributed by atoms with Gasteiger partial charge in [0.15, 0.2) is 0 Å². The second-order valence-corrected chi connectivity index (χ2v) is 8.13. The highest BCUT2D eigenvalue weighted by Gasteiger charge is 2.47. The van der Waals surface area contributed by atoms with Crippen LogP contribution in [0.25, 0.3) is 0 Å². The predicted octanol–water partition coefficient (Wildman–Crippen LogP) is 2.85. The molecule has 2 aliphatic rings. The normalized spacial score (nSPS) is 21.8. The fourth-order valence-corrected chi connectivity index (χ4v) is 4.27. The molecule has 0 radical (unpaired) electrons. The van der Waals surface area contributed by atoms with Crippen LogP contribution in [0, 0.1) is 13.8 Å². The van der Waals surface area contributed by atoms with Gasteiger partial charge in [-0.3, -0.25) is 14.4 Å². The van der Waals surface area contributed by atoms with Gasteiger partial charge in [0.2, 0.25) is 5.91 Å². The van der Waals surface area contributed by atoms with Crippen molar-refractivity contribution < 1.29 is 19.1 Å². The van der Waals surface area contributed by atoms with Gasteiger partial charge in [-0.15, -0.1) is 0 Å². The van der Waals surface area contributed by atoms with Gasteiger partial charge in [-0.05, 0) is 62.8 Å². The molecule has 1 aromatic carbocycles. The zero-order valence-electron chi connectivity index (χ0n) is 17.1. The smallest absolute Gasteiger partial charge is 0.302 e. The molecule has 0 aliphatic carbocycles. The maximum atomic E-state index is 13.3. The van der Waals surface area contributed by atoms with E-state index >= 15 is 0 Å². The Labute approximate surface area is 166 Å². The Hall–Kier alpha value is -2.37. The molecule has 0 saturated carbocycles. The van der Waals surface area contributed by atoms with Crippen LogP contribution in [0.1, 0.15) is 60.5 Å². The molecule has 2 saturated heterocycles. The van der Waals surface area contributed by atoms with Crippen LogP contribution in [0.2, 0.25) is 0 Å². The van der Waals surface area contributed by atoms with E-state index in [1.165, 1.54) is 6.92 Å². The maximum Gasteiger partial charge on any atom is 0.302 e. The molecule has 0 N–H and O–H groups in total. The van der Waals surface area contributed by atoms with Crippen LogP contribution in [0.3, 0.4) is 0 Å². The summed E-state index contributed by atoms with van der Waals surface area (Å²) in [7, 11) is 0. The van der Waals surface area contributed by atoms with E-state index in [9.17, 15) is 14.4 Å². The van der Waals surface area contributed by atoms with Crippen molar-refractivity contribution in [3.63, 3.8) is 0 Å². The van der Waals surface area contributed by atoms with Crippen LogP contribution in [0.5, 0.6) is 0 Å². The van der Waals surface area contributed by atoms with Crippen LogP contribution in [0.4, 0.5) is 0 Å². The van der Waals surface area contributed by atoms with Crippen molar-refractivity contribution in [1.29, 1.82) is 0 Å². The number of aryl methyl sites for hydroxylation is 2. The minimum absolute atomic E-state index is 0.0458. The Morgan fingerprint density at radius 3 is 2.39 bits per heavy atom. The first kappa shape index (κ1) is 20.4. The van der Waals surface area contributed by atoms with Gasteiger partial charge in [-0.1, -0.05) is 6.07 Å². The first-order valence-corrected chi connectivity index (χ1v) is 10.1. The van der Waals surface area contributed by atoms with Crippen molar-refractivity contribution in [2.24, 2.45) is 0 Å². The van der Waals surface area contributed by atoms with E-state index in [-0.39, 0.29) is 24.8 Å². The number of hydrogen-bond acceptors (Lipinski definition) is 4. The van der Waals surface area contributed by atoms with Crippen molar-refractivity contribution in [2.75, 3.05) is 26.2 Å². The summed E-state index contributed by atoms with van der Waals surface area (Å²) in [5.74, 6) is -0.440. The second kappa shape index (κ2) is 8.33. The number of carbonyl (C=O) groups is 3. The third kappa shape index (κ3) is 4.21. The van der Waals surface area contributed by atoms with Gasteiger partial charge < -0.3 is 14.5 Å². The number of esters is 1. The SMILES string of the molecule is CC(=O)OCC1(CC(=O)N2CCCC2)CCCN1C(=O)c1ccc(C)c(C)c1. The van der Waals surface area contributed by atoms with Crippen molar-refractivity contribution in [2.45, 2.75) is 58.4 Å². The molecule has 3 rings (SSSR count). The first-order chi connectivity index (χ1) is 13.3. The Morgan fingerprint density at radius 2 is 1.75 bits per heavy atom. The second-order valence-electron chi connectivity index (χ2n) is 8.13. The zero-order valence-corrected chi connectivity index (χ0v) is 17.1. The maximum absolute atomic E-state index is 13.3. The van der Waals surface area contributed by atoms with E-state index in [2.05, 4.69) is 0 Å². The third-order valence-corrected chi connectivity index (χ3v) is 6.08. The first-order valence-electron chi connectivity index (χ1n) is 10.1. The van der Waals surface area contributed by atoms with Gasteiger partial charge >= 0.3 is 5.97 Å². The number of hydrogen-bond donors (Lipinski definition) is 0. The molecule has 0 spiro atoms. The summed E-state index contributed by atoms with van der Waals surface area (Å²) in [6.07, 6.45) is 3.71. The average Bonchev–Trinajstić information content (AvgIpc) is 3.32. The van der Waals surface area contributed by atoms with Crippen LogP contribution < -0.4 is 0 Å². The lowest BCUT2D eigenvalue weighted by Crippen LogP contribution is -2.53. The molecule has 1 atom stereocenters. The molecule has 1 unspecified atom stereocenters. The number of likely N-dealkylation sites (tertiary alicyclic amines) is 2. The standard InChI is InChI=1S/C22H30N2O4/c1-16-7-8-19(13-17(16)2)21(27)24-12-6-9-22(24,15-28-18(3)25)14-20(26)23-10-4-5-11-23/h7-8,13H,4-6,9-12,14-15H2,1-3H3. The molecule has 0 aromatic heterocycles. The molecule has 6 nitrogen and oxygen atoms in total. The fraction of sp³-hybridized carbons (Fsp3) is 0.591. The predicted molar refractivity (Wildman–Crippen MR) is 106 cm³/mol. The van der Waals surface area contributed by atoms with Crippen molar-refractivity contribution in [1.82, 2.24) is 9.80 Å².